The third-order valence-electron chi connectivity index (χ3n) is 9.14. The fourth-order valence-electron chi connectivity index (χ4n) is 6.85. The lowest BCUT2D eigenvalue weighted by atomic mass is 9.77. The van der Waals surface area contributed by atoms with Crippen molar-refractivity contribution in [1.29, 1.82) is 0 Å². The van der Waals surface area contributed by atoms with Crippen molar-refractivity contribution in [2.75, 3.05) is 30.3 Å². The van der Waals surface area contributed by atoms with Gasteiger partial charge in [-0.2, -0.15) is 0 Å². The van der Waals surface area contributed by atoms with E-state index in [1.165, 1.54) is 33.7 Å². The minimum absolute atomic E-state index is 0.00558. The number of ether oxygens (including phenoxy) is 1. The fraction of sp³-hybridized carbons (Fsp3) is 0.536. The van der Waals surface area contributed by atoms with Gasteiger partial charge in [0.05, 0.1) is 17.3 Å². The molecule has 3 aromatic rings. The number of pyridine rings is 2. The number of fused-ring (bicyclic) bond motifs is 4. The molecule has 0 aromatic carbocycles. The maximum absolute atomic E-state index is 13.2. The predicted molar refractivity (Wildman–Crippen MR) is 146 cm³/mol. The molecule has 2 aliphatic heterocycles. The Labute approximate surface area is 220 Å². The number of rotatable bonds is 3. The summed E-state index contributed by atoms with van der Waals surface area (Å²) in [4.78, 5) is 26.6. The summed E-state index contributed by atoms with van der Waals surface area (Å²) in [5.41, 5.74) is 19.6. The molecule has 4 atom stereocenters. The molecule has 0 unspecified atom stereocenters. The van der Waals surface area contributed by atoms with Gasteiger partial charge in [-0.25, -0.2) is 9.97 Å². The highest BCUT2D eigenvalue weighted by Crippen LogP contribution is 2.45. The van der Waals surface area contributed by atoms with Gasteiger partial charge in [-0.15, -0.1) is 11.3 Å². The first-order chi connectivity index (χ1) is 17.8. The molecule has 7 rings (SSSR count). The van der Waals surface area contributed by atoms with Gasteiger partial charge in [0.25, 0.3) is 5.91 Å². The number of nitrogens with one attached hydrogen (secondary N) is 1. The molecule has 3 aromatic heterocycles. The average Bonchev–Trinajstić information content (AvgIpc) is 3.51. The summed E-state index contributed by atoms with van der Waals surface area (Å²) in [5, 5.41) is 4.11. The number of piperidine rings is 1. The summed E-state index contributed by atoms with van der Waals surface area (Å²) >= 11 is 1.37. The number of nitrogens with zero attached hydrogens (tertiary/aromatic N) is 3. The Bertz CT molecular complexity index is 1440. The Morgan fingerprint density at radius 2 is 2.11 bits per heavy atom. The number of nitrogen functional groups attached to an aromatic ring is 1. The summed E-state index contributed by atoms with van der Waals surface area (Å²) in [6.07, 6.45) is 5.63. The van der Waals surface area contributed by atoms with E-state index in [0.29, 0.717) is 16.5 Å². The minimum Gasteiger partial charge on any atom is -0.397 e. The molecular formula is C28H34N6O2S. The molecule has 0 saturated carbocycles. The maximum Gasteiger partial charge on any atom is 0.263 e. The number of aromatic nitrogens is 2. The van der Waals surface area contributed by atoms with Crippen molar-refractivity contribution in [2.24, 2.45) is 11.7 Å². The highest BCUT2D eigenvalue weighted by atomic mass is 32.1. The lowest BCUT2D eigenvalue weighted by molar-refractivity contribution is -0.0505. The normalized spacial score (nSPS) is 28.4. The number of carbonyl (C=O) groups is 1. The van der Waals surface area contributed by atoms with Crippen LogP contribution in [0.2, 0.25) is 0 Å². The lowest BCUT2D eigenvalue weighted by Crippen LogP contribution is -2.62. The van der Waals surface area contributed by atoms with E-state index in [-0.39, 0.29) is 23.6 Å². The summed E-state index contributed by atoms with van der Waals surface area (Å²) in [6.45, 7) is 6.79. The molecule has 194 valence electrons. The van der Waals surface area contributed by atoms with Crippen molar-refractivity contribution in [3.8, 4) is 0 Å². The number of hydrogen-bond acceptors (Lipinski definition) is 8. The van der Waals surface area contributed by atoms with Crippen LogP contribution in [0.1, 0.15) is 63.9 Å². The largest absolute Gasteiger partial charge is 0.397 e. The standard InChI is InChI=1S/C28H34N6O2S/c1-14-7-10-36-28(14)8-9-34(13-22(28)29)25-20-12-18(20)19-11-16(4-6-21(19)33-25)32-26(35)24-23(30)17-5-3-15(2)31-27(17)37-24/h3,5,14,16,22H,4,6-13,29-30H2,1-2H3,(H,32,35)/t14-,16-,22+,28+/m0/s1. The van der Waals surface area contributed by atoms with Gasteiger partial charge < -0.3 is 26.4 Å². The summed E-state index contributed by atoms with van der Waals surface area (Å²) in [6, 6.07) is 3.97. The minimum atomic E-state index is -0.167. The summed E-state index contributed by atoms with van der Waals surface area (Å²) in [7, 11) is 0. The average molecular weight is 519 g/mol. The molecule has 2 saturated heterocycles. The Hall–Kier alpha value is -2.75. The number of carbonyl (C=O) groups excluding carboxylic acids is 1. The van der Waals surface area contributed by atoms with Crippen molar-refractivity contribution in [2.45, 2.75) is 70.1 Å². The Kier molecular flexibility index (Phi) is 5.29. The van der Waals surface area contributed by atoms with Crippen molar-refractivity contribution in [3.63, 3.8) is 0 Å². The molecule has 1 amide bonds. The van der Waals surface area contributed by atoms with Crippen LogP contribution in [0.15, 0.2) is 12.1 Å². The quantitative estimate of drug-likeness (QED) is 0.381. The van der Waals surface area contributed by atoms with Crippen LogP contribution in [0.5, 0.6) is 0 Å². The zero-order chi connectivity index (χ0) is 25.5. The molecule has 8 nitrogen and oxygen atoms in total. The highest BCUT2D eigenvalue weighted by molar-refractivity contribution is 7.21. The van der Waals surface area contributed by atoms with E-state index in [9.17, 15) is 4.79 Å². The van der Waals surface area contributed by atoms with Crippen molar-refractivity contribution < 1.29 is 9.53 Å². The van der Waals surface area contributed by atoms with Crippen LogP contribution in [0, 0.1) is 12.8 Å². The fourth-order valence-corrected chi connectivity index (χ4v) is 7.89. The molecule has 5 N–H and O–H groups in total. The third kappa shape index (κ3) is 3.66. The van der Waals surface area contributed by atoms with Crippen LogP contribution in [0.25, 0.3) is 10.2 Å². The molecule has 0 bridgehead atoms. The van der Waals surface area contributed by atoms with E-state index < -0.39 is 0 Å². The van der Waals surface area contributed by atoms with Gasteiger partial charge in [0, 0.05) is 54.5 Å². The Morgan fingerprint density at radius 3 is 2.89 bits per heavy atom. The van der Waals surface area contributed by atoms with Crippen LogP contribution in [0.3, 0.4) is 0 Å². The zero-order valence-electron chi connectivity index (χ0n) is 21.5. The van der Waals surface area contributed by atoms with Gasteiger partial charge in [-0.05, 0) is 68.2 Å². The number of thiophene rings is 1. The van der Waals surface area contributed by atoms with Crippen LogP contribution in [-0.2, 0) is 24.0 Å². The molecule has 2 fully saturated rings. The molecule has 9 heteroatoms. The van der Waals surface area contributed by atoms with Crippen LogP contribution in [0.4, 0.5) is 11.5 Å². The monoisotopic (exact) mass is 518 g/mol. The SMILES string of the molecule is Cc1ccc2c(N)c(C(=O)N[C@H]3CCc4nc(N5CC[C@]6(OCC[C@@H]6C)[C@H](N)C5)c5c(c4C3)C5)sc2n1. The molecule has 1 spiro atoms. The molecule has 4 aliphatic rings. The molecule has 37 heavy (non-hydrogen) atoms. The van der Waals surface area contributed by atoms with Gasteiger partial charge in [0.15, 0.2) is 0 Å². The van der Waals surface area contributed by atoms with E-state index in [1.54, 1.807) is 0 Å². The first-order valence-electron chi connectivity index (χ1n) is 13.5. The van der Waals surface area contributed by atoms with Crippen LogP contribution >= 0.6 is 11.3 Å². The number of amides is 1. The van der Waals surface area contributed by atoms with Gasteiger partial charge in [-0.3, -0.25) is 4.79 Å². The Morgan fingerprint density at radius 1 is 1.24 bits per heavy atom. The first-order valence-corrected chi connectivity index (χ1v) is 14.3. The predicted octanol–water partition coefficient (Wildman–Crippen LogP) is 3.11. The second-order valence-corrected chi connectivity index (χ2v) is 12.4. The van der Waals surface area contributed by atoms with Crippen LogP contribution < -0.4 is 21.7 Å². The number of anilines is 2. The van der Waals surface area contributed by atoms with Crippen molar-refractivity contribution in [1.82, 2.24) is 15.3 Å². The second kappa shape index (κ2) is 8.38. The van der Waals surface area contributed by atoms with Gasteiger partial charge in [0.1, 0.15) is 15.5 Å². The van der Waals surface area contributed by atoms with E-state index >= 15 is 0 Å². The second-order valence-electron chi connectivity index (χ2n) is 11.4. The first kappa shape index (κ1) is 23.4. The van der Waals surface area contributed by atoms with E-state index in [4.69, 9.17) is 21.2 Å². The van der Waals surface area contributed by atoms with Gasteiger partial charge in [-0.1, -0.05) is 6.92 Å². The number of aryl methyl sites for hydroxylation is 2. The number of hydrogen-bond donors (Lipinski definition) is 3. The lowest BCUT2D eigenvalue weighted by Gasteiger charge is -2.46. The molecular weight excluding hydrogens is 484 g/mol. The van der Waals surface area contributed by atoms with Gasteiger partial charge >= 0.3 is 0 Å². The van der Waals surface area contributed by atoms with E-state index in [2.05, 4.69) is 22.1 Å². The summed E-state index contributed by atoms with van der Waals surface area (Å²) < 4.78 is 6.21. The third-order valence-corrected chi connectivity index (χ3v) is 10.3. The van der Waals surface area contributed by atoms with E-state index in [1.807, 2.05) is 19.1 Å². The summed E-state index contributed by atoms with van der Waals surface area (Å²) in [5.74, 6) is 1.54. The van der Waals surface area contributed by atoms with Crippen molar-refractivity contribution >= 4 is 39.0 Å². The van der Waals surface area contributed by atoms with Gasteiger partial charge in [0.2, 0.25) is 0 Å². The topological polar surface area (TPSA) is 119 Å². The zero-order valence-corrected chi connectivity index (χ0v) is 22.3. The van der Waals surface area contributed by atoms with Crippen molar-refractivity contribution in [3.05, 3.63) is 45.1 Å². The molecule has 2 aliphatic carbocycles. The molecule has 5 heterocycles. The van der Waals surface area contributed by atoms with E-state index in [0.717, 1.165) is 79.9 Å². The Balaban J connectivity index is 1.07. The smallest absolute Gasteiger partial charge is 0.263 e. The number of nitrogens with two attached hydrogens (primary N) is 2. The highest BCUT2D eigenvalue weighted by Gasteiger charge is 2.50. The maximum atomic E-state index is 13.2. The molecule has 0 radical (unpaired) electrons. The van der Waals surface area contributed by atoms with Crippen LogP contribution in [-0.4, -0.2) is 53.3 Å².